The van der Waals surface area contributed by atoms with E-state index in [0.717, 1.165) is 11.1 Å². The largest absolute Gasteiger partial charge is 0.507 e. The van der Waals surface area contributed by atoms with Crippen LogP contribution in [0.5, 0.6) is 17.2 Å². The maximum Gasteiger partial charge on any atom is 0.200 e. The number of hydrogen-bond donors (Lipinski definition) is 1. The van der Waals surface area contributed by atoms with Gasteiger partial charge < -0.3 is 19.0 Å². The molecule has 0 atom stereocenters. The standard InChI is InChI=1S/C23H24O5/c1-13(2)6-8-17-22(25)21-18(24)10-14(3)11-20(21)28-23(17)16-9-7-15(26-4)12-19(16)27-5/h6-7,9-12,24H,8H2,1-5H3. The first kappa shape index (κ1) is 19.5. The van der Waals surface area contributed by atoms with E-state index < -0.39 is 0 Å². The van der Waals surface area contributed by atoms with E-state index in [1.165, 1.54) is 0 Å². The van der Waals surface area contributed by atoms with Crippen LogP contribution < -0.4 is 14.9 Å². The predicted octanol–water partition coefficient (Wildman–Crippen LogP) is 5.00. The van der Waals surface area contributed by atoms with Crippen molar-refractivity contribution in [1.82, 2.24) is 0 Å². The lowest BCUT2D eigenvalue weighted by molar-refractivity contribution is 0.394. The fraction of sp³-hybridized carbons (Fsp3) is 0.261. The van der Waals surface area contributed by atoms with Crippen molar-refractivity contribution in [2.24, 2.45) is 0 Å². The third kappa shape index (κ3) is 3.60. The highest BCUT2D eigenvalue weighted by atomic mass is 16.5. The predicted molar refractivity (Wildman–Crippen MR) is 111 cm³/mol. The third-order valence-corrected chi connectivity index (χ3v) is 4.58. The van der Waals surface area contributed by atoms with Gasteiger partial charge in [-0.25, -0.2) is 0 Å². The topological polar surface area (TPSA) is 68.9 Å². The summed E-state index contributed by atoms with van der Waals surface area (Å²) in [5.74, 6) is 1.54. The monoisotopic (exact) mass is 380 g/mol. The number of ether oxygens (including phenoxy) is 2. The van der Waals surface area contributed by atoms with Crippen molar-refractivity contribution < 1.29 is 19.0 Å². The minimum atomic E-state index is -0.246. The molecule has 0 radical (unpaired) electrons. The Kier molecular flexibility index (Phi) is 5.45. The van der Waals surface area contributed by atoms with Crippen molar-refractivity contribution >= 4 is 11.0 Å². The Morgan fingerprint density at radius 2 is 1.89 bits per heavy atom. The minimum Gasteiger partial charge on any atom is -0.507 e. The number of benzene rings is 2. The number of aromatic hydroxyl groups is 1. The molecule has 0 unspecified atom stereocenters. The van der Waals surface area contributed by atoms with Gasteiger partial charge in [-0.2, -0.15) is 0 Å². The van der Waals surface area contributed by atoms with Gasteiger partial charge in [0, 0.05) is 11.6 Å². The van der Waals surface area contributed by atoms with Crippen LogP contribution in [0.15, 0.2) is 51.2 Å². The Bertz CT molecular complexity index is 1120. The van der Waals surface area contributed by atoms with Gasteiger partial charge in [-0.3, -0.25) is 4.79 Å². The van der Waals surface area contributed by atoms with Gasteiger partial charge in [0.15, 0.2) is 0 Å². The Hall–Kier alpha value is -3.21. The van der Waals surface area contributed by atoms with E-state index >= 15 is 0 Å². The lowest BCUT2D eigenvalue weighted by atomic mass is 9.99. The lowest BCUT2D eigenvalue weighted by Crippen LogP contribution is -2.11. The van der Waals surface area contributed by atoms with E-state index in [-0.39, 0.29) is 16.6 Å². The number of hydrogen-bond acceptors (Lipinski definition) is 5. The molecule has 0 aliphatic carbocycles. The van der Waals surface area contributed by atoms with Gasteiger partial charge in [-0.1, -0.05) is 11.6 Å². The molecule has 1 heterocycles. The highest BCUT2D eigenvalue weighted by Gasteiger charge is 2.21. The van der Waals surface area contributed by atoms with Crippen LogP contribution in [0, 0.1) is 6.92 Å². The molecule has 3 aromatic rings. The molecule has 0 fully saturated rings. The van der Waals surface area contributed by atoms with Gasteiger partial charge >= 0.3 is 0 Å². The zero-order valence-electron chi connectivity index (χ0n) is 16.8. The second-order valence-electron chi connectivity index (χ2n) is 6.95. The number of methoxy groups -OCH3 is 2. The third-order valence-electron chi connectivity index (χ3n) is 4.58. The van der Waals surface area contributed by atoms with Crippen molar-refractivity contribution in [3.8, 4) is 28.6 Å². The van der Waals surface area contributed by atoms with Crippen molar-refractivity contribution in [2.45, 2.75) is 27.2 Å². The summed E-state index contributed by atoms with van der Waals surface area (Å²) in [4.78, 5) is 13.3. The summed E-state index contributed by atoms with van der Waals surface area (Å²) in [6.07, 6.45) is 2.35. The van der Waals surface area contributed by atoms with Crippen LogP contribution in [0.1, 0.15) is 25.0 Å². The van der Waals surface area contributed by atoms with Crippen molar-refractivity contribution in [3.05, 3.63) is 63.3 Å². The summed E-state index contributed by atoms with van der Waals surface area (Å²) >= 11 is 0. The first-order valence-electron chi connectivity index (χ1n) is 9.00. The first-order chi connectivity index (χ1) is 13.3. The van der Waals surface area contributed by atoms with Crippen LogP contribution in [0.25, 0.3) is 22.3 Å². The van der Waals surface area contributed by atoms with Gasteiger partial charge in [0.1, 0.15) is 34.0 Å². The average Bonchev–Trinajstić information content (AvgIpc) is 2.65. The SMILES string of the molecule is COc1ccc(-c2oc3cc(C)cc(O)c3c(=O)c2CC=C(C)C)c(OC)c1. The molecule has 0 spiro atoms. The molecule has 1 aromatic heterocycles. The minimum absolute atomic E-state index is 0.0737. The molecule has 5 heteroatoms. The molecular weight excluding hydrogens is 356 g/mol. The summed E-state index contributed by atoms with van der Waals surface area (Å²) in [6, 6.07) is 8.67. The Morgan fingerprint density at radius 3 is 2.54 bits per heavy atom. The average molecular weight is 380 g/mol. The second kappa shape index (κ2) is 7.80. The zero-order chi connectivity index (χ0) is 20.4. The van der Waals surface area contributed by atoms with Gasteiger partial charge in [0.2, 0.25) is 5.43 Å². The zero-order valence-corrected chi connectivity index (χ0v) is 16.8. The number of phenols is 1. The summed E-state index contributed by atoms with van der Waals surface area (Å²) < 4.78 is 16.9. The van der Waals surface area contributed by atoms with Crippen LogP contribution in [-0.4, -0.2) is 19.3 Å². The highest BCUT2D eigenvalue weighted by Crippen LogP contribution is 2.37. The summed E-state index contributed by atoms with van der Waals surface area (Å²) in [5.41, 5.74) is 3.11. The highest BCUT2D eigenvalue weighted by molar-refractivity contribution is 5.87. The molecule has 3 rings (SSSR count). The van der Waals surface area contributed by atoms with Gasteiger partial charge in [-0.15, -0.1) is 0 Å². The van der Waals surface area contributed by atoms with Crippen LogP contribution in [0.3, 0.4) is 0 Å². The molecule has 0 saturated heterocycles. The fourth-order valence-electron chi connectivity index (χ4n) is 3.16. The van der Waals surface area contributed by atoms with Crippen LogP contribution in [0.4, 0.5) is 0 Å². The normalized spacial score (nSPS) is 10.8. The summed E-state index contributed by atoms with van der Waals surface area (Å²) in [6.45, 7) is 5.78. The van der Waals surface area contributed by atoms with E-state index in [0.29, 0.717) is 40.4 Å². The van der Waals surface area contributed by atoms with Crippen LogP contribution in [-0.2, 0) is 6.42 Å². The summed E-state index contributed by atoms with van der Waals surface area (Å²) in [7, 11) is 3.14. The smallest absolute Gasteiger partial charge is 0.200 e. The molecular formula is C23H24O5. The fourth-order valence-corrected chi connectivity index (χ4v) is 3.16. The maximum absolute atomic E-state index is 13.3. The van der Waals surface area contributed by atoms with Crippen molar-refractivity contribution in [3.63, 3.8) is 0 Å². The lowest BCUT2D eigenvalue weighted by Gasteiger charge is -2.14. The first-order valence-corrected chi connectivity index (χ1v) is 9.00. The van der Waals surface area contributed by atoms with Gasteiger partial charge in [0.05, 0.1) is 19.8 Å². The molecule has 0 aliphatic heterocycles. The molecule has 146 valence electrons. The maximum atomic E-state index is 13.3. The van der Waals surface area contributed by atoms with Crippen LogP contribution in [0.2, 0.25) is 0 Å². The molecule has 0 bridgehead atoms. The van der Waals surface area contributed by atoms with E-state index in [1.807, 2.05) is 32.9 Å². The van der Waals surface area contributed by atoms with Crippen molar-refractivity contribution in [1.29, 1.82) is 0 Å². The Balaban J connectivity index is 2.39. The Labute approximate surface area is 163 Å². The molecule has 5 nitrogen and oxygen atoms in total. The van der Waals surface area contributed by atoms with Gasteiger partial charge in [-0.05, 0) is 57.0 Å². The quantitative estimate of drug-likeness (QED) is 0.631. The Morgan fingerprint density at radius 1 is 1.14 bits per heavy atom. The van der Waals surface area contributed by atoms with E-state index in [2.05, 4.69) is 0 Å². The molecule has 0 saturated carbocycles. The molecule has 1 N–H and O–H groups in total. The van der Waals surface area contributed by atoms with Crippen molar-refractivity contribution in [2.75, 3.05) is 14.2 Å². The second-order valence-corrected chi connectivity index (χ2v) is 6.95. The van der Waals surface area contributed by atoms with Crippen LogP contribution >= 0.6 is 0 Å². The molecule has 2 aromatic carbocycles. The number of aryl methyl sites for hydroxylation is 1. The van der Waals surface area contributed by atoms with Gasteiger partial charge in [0.25, 0.3) is 0 Å². The molecule has 0 aliphatic rings. The molecule has 0 amide bonds. The number of phenolic OH excluding ortho intramolecular Hbond substituents is 1. The van der Waals surface area contributed by atoms with E-state index in [9.17, 15) is 9.90 Å². The molecule has 28 heavy (non-hydrogen) atoms. The number of rotatable bonds is 5. The number of allylic oxidation sites excluding steroid dienone is 2. The number of fused-ring (bicyclic) bond motifs is 1. The van der Waals surface area contributed by atoms with E-state index in [4.69, 9.17) is 13.9 Å². The van der Waals surface area contributed by atoms with E-state index in [1.54, 1.807) is 38.5 Å². The summed E-state index contributed by atoms with van der Waals surface area (Å²) in [5, 5.41) is 10.5.